The Morgan fingerprint density at radius 2 is 1.40 bits per heavy atom. The second-order valence-electron chi connectivity index (χ2n) is 23.3. The molecular weight excluding hydrogens is 1290 g/mol. The molecule has 4 heterocycles. The molecule has 13 unspecified atom stereocenters. The number of ether oxygens (including phenoxy) is 2. The van der Waals surface area contributed by atoms with Crippen molar-refractivity contribution < 1.29 is 107 Å². The molecule has 4 aromatic carbocycles. The summed E-state index contributed by atoms with van der Waals surface area (Å²) in [5.41, 5.74) is 6.62. The van der Waals surface area contributed by atoms with Crippen molar-refractivity contribution in [3.63, 3.8) is 0 Å². The minimum absolute atomic E-state index is 0.0112. The lowest BCUT2D eigenvalue weighted by atomic mass is 9.96. The predicted molar refractivity (Wildman–Crippen MR) is 335 cm³/mol. The SMILES string of the molecule is COCCCCCCOc1ccc(-c2nnc(-c3ccc4cc(C(=O)N[C@H]5CC(O)CNC(=O)C6C(O)C(C)CN6C(=O)C(C(O)CC(N)=O)NC(=O)C(C(O)C(O)c6ccc(O)c(OSOOO)c6)NC(=O)C6CC(O)CN6C(=O)C(C(C)O)NC5=O)ccc4c3)s2)cc1. The van der Waals surface area contributed by atoms with Gasteiger partial charge in [-0.2, -0.15) is 0 Å². The van der Waals surface area contributed by atoms with Gasteiger partial charge in [0.1, 0.15) is 64.2 Å². The van der Waals surface area contributed by atoms with Crippen LogP contribution in [0, 0.1) is 5.92 Å². The van der Waals surface area contributed by atoms with Crippen LogP contribution in [0.5, 0.6) is 17.2 Å². The van der Waals surface area contributed by atoms with E-state index < -0.39 is 183 Å². The van der Waals surface area contributed by atoms with E-state index >= 15 is 0 Å². The average molecular weight is 1370 g/mol. The number of phenolic OH excluding ortho intramolecular Hbond substituents is 1. The molecule has 3 saturated heterocycles. The number of hydrogen-bond acceptors (Lipinski definition) is 26. The van der Waals surface area contributed by atoms with Crippen molar-refractivity contribution in [1.29, 1.82) is 0 Å². The fraction of sp³-hybridized carbons (Fsp3) is 0.475. The van der Waals surface area contributed by atoms with Gasteiger partial charge < -0.3 is 96.6 Å². The van der Waals surface area contributed by atoms with E-state index in [0.29, 0.717) is 27.4 Å². The number of primary amides is 1. The third-order valence-electron chi connectivity index (χ3n) is 16.3. The van der Waals surface area contributed by atoms with Crippen LogP contribution >= 0.6 is 23.7 Å². The van der Waals surface area contributed by atoms with Crippen molar-refractivity contribution in [3.8, 4) is 38.4 Å². The van der Waals surface area contributed by atoms with Gasteiger partial charge in [0.05, 0.1) is 43.5 Å². The number of β-amino-alcohol motifs (C(OH)–C–C–N with tert-alkyl or cyclic N) is 1. The van der Waals surface area contributed by atoms with Crippen LogP contribution in [-0.4, -0.2) is 226 Å². The van der Waals surface area contributed by atoms with Crippen LogP contribution in [0.25, 0.3) is 31.9 Å². The van der Waals surface area contributed by atoms with Crippen molar-refractivity contribution in [2.24, 2.45) is 11.7 Å². The molecule has 3 aliphatic heterocycles. The van der Waals surface area contributed by atoms with E-state index in [0.717, 1.165) is 84.1 Å². The highest BCUT2D eigenvalue weighted by Gasteiger charge is 2.50. The number of phenols is 1. The minimum atomic E-state index is -2.53. The number of hydrogen-bond donors (Lipinski definition) is 15. The first-order valence-electron chi connectivity index (χ1n) is 30.3. The molecule has 8 rings (SSSR count). The number of aliphatic hydroxyl groups excluding tert-OH is 7. The summed E-state index contributed by atoms with van der Waals surface area (Å²) in [5.74, 6) is -11.2. The van der Waals surface area contributed by atoms with Crippen molar-refractivity contribution >= 4 is 81.7 Å². The maximum atomic E-state index is 14.7. The molecule has 0 radical (unpaired) electrons. The standard InChI is InChI=1S/C61H76N10O22S2/c1-29-27-71-49(50(29)78)57(85)63-26-37(73)23-40(64-53(81)35-10-8-33-21-36(11-9-32(33)20-35)59-69-68-58(94-59)31-12-15-39(16-13-31)90-19-7-5-4-6-18-89-3)54(82)65-46(30(2)72)60(86)70-28-38(74)24-41(70)55(83)67-48(56(84)66-47(61(71)87)43(76)25-45(62)77)52(80)51(79)34-14-17-42(75)44(22-34)91-95-93-92-88/h8-17,20-22,29-30,37-38,40-41,43,46-52,72-76,78-80,88H,4-7,18-19,23-28H2,1-3H3,(H2,62,77)(H,63,85)(H,64,81)(H,65,82)(H,66,84)(H,67,83)/t29?,30?,37?,38?,40-,41?,43?,46?,47?,48?,49?,50?,51?,52?/m0/s1. The van der Waals surface area contributed by atoms with E-state index in [1.807, 2.05) is 30.3 Å². The number of rotatable bonds is 23. The van der Waals surface area contributed by atoms with E-state index in [9.17, 15) is 79.2 Å². The Labute approximate surface area is 551 Å². The van der Waals surface area contributed by atoms with Crippen LogP contribution in [0.2, 0.25) is 0 Å². The van der Waals surface area contributed by atoms with Crippen LogP contribution in [0.15, 0.2) is 78.9 Å². The molecule has 514 valence electrons. The van der Waals surface area contributed by atoms with Crippen LogP contribution < -0.4 is 41.2 Å². The molecule has 34 heteroatoms. The van der Waals surface area contributed by atoms with E-state index in [1.54, 1.807) is 25.3 Å². The lowest BCUT2D eigenvalue weighted by Gasteiger charge is -2.34. The maximum absolute atomic E-state index is 14.7. The fourth-order valence-electron chi connectivity index (χ4n) is 11.2. The van der Waals surface area contributed by atoms with Gasteiger partial charge in [0.2, 0.25) is 41.4 Å². The first-order valence-corrected chi connectivity index (χ1v) is 31.8. The summed E-state index contributed by atoms with van der Waals surface area (Å²) in [7, 11) is 1.69. The predicted octanol–water partition coefficient (Wildman–Crippen LogP) is -1.01. The molecule has 8 amide bonds. The number of nitrogens with two attached hydrogens (primary N) is 1. The quantitative estimate of drug-likeness (QED) is 0.0161. The number of nitrogens with one attached hydrogen (secondary N) is 5. The summed E-state index contributed by atoms with van der Waals surface area (Å²) >= 11 is 1.34. The van der Waals surface area contributed by atoms with E-state index in [2.05, 4.69) is 46.2 Å². The summed E-state index contributed by atoms with van der Waals surface area (Å²) in [6.07, 6.45) is -12.1. The highest BCUT2D eigenvalue weighted by atomic mass is 32.2. The van der Waals surface area contributed by atoms with E-state index in [4.69, 9.17) is 24.6 Å². The van der Waals surface area contributed by atoms with Crippen LogP contribution in [0.1, 0.15) is 80.8 Å². The largest absolute Gasteiger partial charge is 0.504 e. The molecule has 1 aromatic heterocycles. The Bertz CT molecular complexity index is 3530. The number of aromatic hydroxyl groups is 1. The molecule has 32 nitrogen and oxygen atoms in total. The van der Waals surface area contributed by atoms with Gasteiger partial charge in [-0.15, -0.1) is 10.2 Å². The number of carbonyl (C=O) groups is 8. The molecule has 3 aliphatic rings. The number of amides is 8. The Kier molecular flexibility index (Phi) is 25.6. The molecule has 3 fully saturated rings. The molecule has 0 spiro atoms. The Morgan fingerprint density at radius 1 is 0.747 bits per heavy atom. The van der Waals surface area contributed by atoms with Gasteiger partial charge in [-0.25, -0.2) is 5.26 Å². The Hall–Kier alpha value is -8.23. The molecule has 14 atom stereocenters. The summed E-state index contributed by atoms with van der Waals surface area (Å²) in [4.78, 5) is 116. The van der Waals surface area contributed by atoms with Gasteiger partial charge in [-0.05, 0) is 97.1 Å². The average Bonchev–Trinajstić information content (AvgIpc) is 1.84. The fourth-order valence-corrected chi connectivity index (χ4v) is 12.3. The number of fused-ring (bicyclic) bond motifs is 3. The third-order valence-corrected chi connectivity index (χ3v) is 17.7. The summed E-state index contributed by atoms with van der Waals surface area (Å²) in [6, 6.07) is 8.18. The molecule has 0 aliphatic carbocycles. The zero-order chi connectivity index (χ0) is 68.8. The first-order chi connectivity index (χ1) is 45.4. The molecule has 5 aromatic rings. The van der Waals surface area contributed by atoms with E-state index in [1.165, 1.54) is 30.4 Å². The number of benzene rings is 4. The first kappa shape index (κ1) is 72.6. The number of aliphatic hydroxyl groups is 7. The Morgan fingerprint density at radius 3 is 2.09 bits per heavy atom. The lowest BCUT2D eigenvalue weighted by Crippen LogP contribution is -2.64. The topological polar surface area (TPSA) is 483 Å². The second kappa shape index (κ2) is 33.4. The smallest absolute Gasteiger partial charge is 0.261 e. The van der Waals surface area contributed by atoms with Gasteiger partial charge in [-0.1, -0.05) is 58.3 Å². The van der Waals surface area contributed by atoms with Gasteiger partial charge in [-0.3, -0.25) is 38.4 Å². The summed E-state index contributed by atoms with van der Waals surface area (Å²) in [6.45, 7) is 2.01. The van der Waals surface area contributed by atoms with Crippen LogP contribution in [0.3, 0.4) is 0 Å². The number of methoxy groups -OCH3 is 1. The number of unbranched alkanes of at least 4 members (excludes halogenated alkanes) is 3. The van der Waals surface area contributed by atoms with Crippen molar-refractivity contribution in [2.45, 2.75) is 138 Å². The van der Waals surface area contributed by atoms with Crippen LogP contribution in [0.4, 0.5) is 0 Å². The maximum Gasteiger partial charge on any atom is 0.261 e. The molecular formula is C61H76N10O22S2. The van der Waals surface area contributed by atoms with Gasteiger partial charge in [0.15, 0.2) is 11.5 Å². The van der Waals surface area contributed by atoms with Gasteiger partial charge >= 0.3 is 0 Å². The van der Waals surface area contributed by atoms with E-state index in [-0.39, 0.29) is 23.5 Å². The normalized spacial score (nSPS) is 24.6. The van der Waals surface area contributed by atoms with Crippen molar-refractivity contribution in [1.82, 2.24) is 46.6 Å². The second-order valence-corrected chi connectivity index (χ2v) is 24.7. The van der Waals surface area contributed by atoms with Crippen molar-refractivity contribution in [2.75, 3.05) is 40.0 Å². The Balaban J connectivity index is 1.07. The number of aromatic nitrogens is 2. The zero-order valence-corrected chi connectivity index (χ0v) is 53.2. The number of carbonyl (C=O) groups excluding carboxylic acids is 8. The molecule has 0 bridgehead atoms. The zero-order valence-electron chi connectivity index (χ0n) is 51.6. The lowest BCUT2D eigenvalue weighted by molar-refractivity contribution is -0.433. The highest BCUT2D eigenvalue weighted by molar-refractivity contribution is 7.90. The molecule has 95 heavy (non-hydrogen) atoms. The van der Waals surface area contributed by atoms with Gasteiger partial charge in [0.25, 0.3) is 18.2 Å². The molecule has 0 saturated carbocycles. The van der Waals surface area contributed by atoms with Crippen LogP contribution in [-0.2, 0) is 47.7 Å². The highest BCUT2D eigenvalue weighted by Crippen LogP contribution is 2.36. The van der Waals surface area contributed by atoms with Crippen molar-refractivity contribution in [3.05, 3.63) is 90.0 Å². The molecule has 16 N–H and O–H groups in total. The monoisotopic (exact) mass is 1360 g/mol. The summed E-state index contributed by atoms with van der Waals surface area (Å²) in [5, 5.41) is 126. The minimum Gasteiger partial charge on any atom is -0.504 e. The third kappa shape index (κ3) is 18.4. The van der Waals surface area contributed by atoms with Gasteiger partial charge in [0, 0.05) is 68.8 Å². The number of nitrogens with zero attached hydrogens (tertiary/aromatic N) is 4. The summed E-state index contributed by atoms with van der Waals surface area (Å²) < 4.78 is 20.2.